The maximum Gasteiger partial charge on any atom is 0.122 e. The summed E-state index contributed by atoms with van der Waals surface area (Å²) in [5, 5.41) is 0. The number of ether oxygens (including phenoxy) is 1. The molecule has 2 heterocycles. The number of hydrogen-bond acceptors (Lipinski definition) is 3. The zero-order chi connectivity index (χ0) is 12.5. The normalized spacial score (nSPS) is 13.8. The summed E-state index contributed by atoms with van der Waals surface area (Å²) in [6, 6.07) is 10.1. The van der Waals surface area contributed by atoms with Crippen LogP contribution in [0.3, 0.4) is 0 Å². The van der Waals surface area contributed by atoms with E-state index in [2.05, 4.69) is 17.1 Å². The van der Waals surface area contributed by atoms with Crippen LogP contribution in [0.2, 0.25) is 0 Å². The molecule has 3 heteroatoms. The van der Waals surface area contributed by atoms with Crippen LogP contribution in [0.5, 0.6) is 5.75 Å². The zero-order valence-electron chi connectivity index (χ0n) is 10.4. The first-order valence-electron chi connectivity index (χ1n) is 6.23. The van der Waals surface area contributed by atoms with Crippen LogP contribution < -0.4 is 10.5 Å². The molecule has 92 valence electrons. The predicted molar refractivity (Wildman–Crippen MR) is 72.6 cm³/mol. The molecule has 1 aliphatic rings. The van der Waals surface area contributed by atoms with Crippen LogP contribution in [-0.4, -0.2) is 11.6 Å². The van der Waals surface area contributed by atoms with Gasteiger partial charge in [0.15, 0.2) is 0 Å². The molecule has 2 aromatic rings. The number of pyridine rings is 1. The highest BCUT2D eigenvalue weighted by Gasteiger charge is 2.11. The van der Waals surface area contributed by atoms with Crippen LogP contribution in [0.1, 0.15) is 17.7 Å². The Morgan fingerprint density at radius 3 is 2.94 bits per heavy atom. The lowest BCUT2D eigenvalue weighted by Gasteiger charge is -2.17. The SMILES string of the molecule is Cc1nc(-c2ccc3c(c2)CCCO3)ccc1N. The Kier molecular flexibility index (Phi) is 2.67. The van der Waals surface area contributed by atoms with Gasteiger partial charge in [0, 0.05) is 5.56 Å². The van der Waals surface area contributed by atoms with Gasteiger partial charge in [-0.1, -0.05) is 0 Å². The van der Waals surface area contributed by atoms with Gasteiger partial charge in [0.1, 0.15) is 5.75 Å². The number of aromatic nitrogens is 1. The van der Waals surface area contributed by atoms with Gasteiger partial charge >= 0.3 is 0 Å². The summed E-state index contributed by atoms with van der Waals surface area (Å²) in [6.45, 7) is 2.76. The Hall–Kier alpha value is -2.03. The molecule has 0 amide bonds. The minimum absolute atomic E-state index is 0.736. The van der Waals surface area contributed by atoms with E-state index in [0.29, 0.717) is 0 Å². The van der Waals surface area contributed by atoms with Crippen molar-refractivity contribution in [3.63, 3.8) is 0 Å². The number of nitrogens with two attached hydrogens (primary N) is 1. The van der Waals surface area contributed by atoms with Crippen LogP contribution in [0.4, 0.5) is 5.69 Å². The van der Waals surface area contributed by atoms with Gasteiger partial charge in [-0.15, -0.1) is 0 Å². The van der Waals surface area contributed by atoms with Crippen molar-refractivity contribution in [3.05, 3.63) is 41.6 Å². The highest BCUT2D eigenvalue weighted by Crippen LogP contribution is 2.29. The third kappa shape index (κ3) is 1.92. The van der Waals surface area contributed by atoms with E-state index in [0.717, 1.165) is 47.8 Å². The van der Waals surface area contributed by atoms with Gasteiger partial charge in [-0.05, 0) is 55.7 Å². The molecular weight excluding hydrogens is 224 g/mol. The van der Waals surface area contributed by atoms with E-state index in [1.54, 1.807) is 0 Å². The molecule has 0 fully saturated rings. The van der Waals surface area contributed by atoms with E-state index in [4.69, 9.17) is 10.5 Å². The highest BCUT2D eigenvalue weighted by atomic mass is 16.5. The zero-order valence-corrected chi connectivity index (χ0v) is 10.4. The second kappa shape index (κ2) is 4.33. The third-order valence-electron chi connectivity index (χ3n) is 3.33. The lowest BCUT2D eigenvalue weighted by molar-refractivity contribution is 0.288. The summed E-state index contributed by atoms with van der Waals surface area (Å²) >= 11 is 0. The van der Waals surface area contributed by atoms with E-state index in [-0.39, 0.29) is 0 Å². The number of aryl methyl sites for hydroxylation is 2. The van der Waals surface area contributed by atoms with Gasteiger partial charge in [0.25, 0.3) is 0 Å². The van der Waals surface area contributed by atoms with Crippen LogP contribution in [0, 0.1) is 6.92 Å². The number of benzene rings is 1. The molecule has 2 N–H and O–H groups in total. The fraction of sp³-hybridized carbons (Fsp3) is 0.267. The Morgan fingerprint density at radius 2 is 2.11 bits per heavy atom. The molecule has 0 unspecified atom stereocenters. The third-order valence-corrected chi connectivity index (χ3v) is 3.33. The highest BCUT2D eigenvalue weighted by molar-refractivity contribution is 5.64. The smallest absolute Gasteiger partial charge is 0.122 e. The molecule has 0 saturated carbocycles. The topological polar surface area (TPSA) is 48.1 Å². The van der Waals surface area contributed by atoms with Gasteiger partial charge < -0.3 is 10.5 Å². The minimum atomic E-state index is 0.736. The van der Waals surface area contributed by atoms with Crippen molar-refractivity contribution in [2.45, 2.75) is 19.8 Å². The number of nitrogen functional groups attached to an aromatic ring is 1. The quantitative estimate of drug-likeness (QED) is 0.833. The molecule has 3 rings (SSSR count). The molecular formula is C15H16N2O. The Bertz CT molecular complexity index is 593. The van der Waals surface area contributed by atoms with Gasteiger partial charge in [-0.3, -0.25) is 4.98 Å². The molecule has 3 nitrogen and oxygen atoms in total. The van der Waals surface area contributed by atoms with Crippen molar-refractivity contribution >= 4 is 5.69 Å². The van der Waals surface area contributed by atoms with Crippen molar-refractivity contribution in [1.29, 1.82) is 0 Å². The maximum absolute atomic E-state index is 5.80. The van der Waals surface area contributed by atoms with E-state index < -0.39 is 0 Å². The van der Waals surface area contributed by atoms with Crippen molar-refractivity contribution in [2.24, 2.45) is 0 Å². The number of rotatable bonds is 1. The van der Waals surface area contributed by atoms with Crippen molar-refractivity contribution < 1.29 is 4.74 Å². The lowest BCUT2D eigenvalue weighted by atomic mass is 10.0. The number of fused-ring (bicyclic) bond motifs is 1. The fourth-order valence-corrected chi connectivity index (χ4v) is 2.25. The Balaban J connectivity index is 2.03. The monoisotopic (exact) mass is 240 g/mol. The number of anilines is 1. The largest absolute Gasteiger partial charge is 0.493 e. The van der Waals surface area contributed by atoms with Crippen molar-refractivity contribution in [2.75, 3.05) is 12.3 Å². The average Bonchev–Trinajstić information content (AvgIpc) is 2.41. The minimum Gasteiger partial charge on any atom is -0.493 e. The van der Waals surface area contributed by atoms with E-state index in [1.165, 1.54) is 5.56 Å². The molecule has 0 radical (unpaired) electrons. The van der Waals surface area contributed by atoms with Crippen LogP contribution in [0.15, 0.2) is 30.3 Å². The lowest BCUT2D eigenvalue weighted by Crippen LogP contribution is -2.08. The number of hydrogen-bond donors (Lipinski definition) is 1. The summed E-state index contributed by atoms with van der Waals surface area (Å²) in [4.78, 5) is 4.53. The van der Waals surface area contributed by atoms with Crippen molar-refractivity contribution in [3.8, 4) is 17.0 Å². The van der Waals surface area contributed by atoms with Crippen LogP contribution in [0.25, 0.3) is 11.3 Å². The summed E-state index contributed by atoms with van der Waals surface area (Å²) in [6.07, 6.45) is 2.17. The molecule has 1 aliphatic heterocycles. The van der Waals surface area contributed by atoms with Gasteiger partial charge in [0.2, 0.25) is 0 Å². The second-order valence-electron chi connectivity index (χ2n) is 4.65. The molecule has 1 aromatic carbocycles. The molecule has 0 atom stereocenters. The molecule has 0 aliphatic carbocycles. The molecule has 18 heavy (non-hydrogen) atoms. The Labute approximate surface area is 107 Å². The first-order chi connectivity index (χ1) is 8.74. The van der Waals surface area contributed by atoms with E-state index in [1.807, 2.05) is 25.1 Å². The fourth-order valence-electron chi connectivity index (χ4n) is 2.25. The predicted octanol–water partition coefficient (Wildman–Crippen LogP) is 2.96. The van der Waals surface area contributed by atoms with Gasteiger partial charge in [0.05, 0.1) is 23.7 Å². The van der Waals surface area contributed by atoms with Gasteiger partial charge in [-0.2, -0.15) is 0 Å². The molecule has 1 aromatic heterocycles. The summed E-state index contributed by atoms with van der Waals surface area (Å²) < 4.78 is 5.62. The van der Waals surface area contributed by atoms with Gasteiger partial charge in [-0.25, -0.2) is 0 Å². The first-order valence-corrected chi connectivity index (χ1v) is 6.23. The average molecular weight is 240 g/mol. The van der Waals surface area contributed by atoms with E-state index >= 15 is 0 Å². The molecule has 0 saturated heterocycles. The van der Waals surface area contributed by atoms with Crippen molar-refractivity contribution in [1.82, 2.24) is 4.98 Å². The number of nitrogens with zero attached hydrogens (tertiary/aromatic N) is 1. The standard InChI is InChI=1S/C15H16N2O/c1-10-13(16)5-6-14(17-10)11-4-7-15-12(9-11)3-2-8-18-15/h4-7,9H,2-3,8,16H2,1H3. The van der Waals surface area contributed by atoms with Crippen LogP contribution in [-0.2, 0) is 6.42 Å². The summed E-state index contributed by atoms with van der Waals surface area (Å²) in [5.74, 6) is 1.01. The molecule has 0 spiro atoms. The van der Waals surface area contributed by atoms with Crippen LogP contribution >= 0.6 is 0 Å². The summed E-state index contributed by atoms with van der Waals surface area (Å²) in [7, 11) is 0. The van der Waals surface area contributed by atoms with E-state index in [9.17, 15) is 0 Å². The molecule has 0 bridgehead atoms. The maximum atomic E-state index is 5.80. The second-order valence-corrected chi connectivity index (χ2v) is 4.65. The first kappa shape index (κ1) is 11.1. The Morgan fingerprint density at radius 1 is 1.22 bits per heavy atom. The summed E-state index contributed by atoms with van der Waals surface area (Å²) in [5.41, 5.74) is 10.8.